The number of aromatic nitrogens is 6. The normalized spacial score (nSPS) is 11.9. The van der Waals surface area contributed by atoms with E-state index in [4.69, 9.17) is 4.74 Å². The number of fused-ring (bicyclic) bond motifs is 1. The summed E-state index contributed by atoms with van der Waals surface area (Å²) < 4.78 is 46.9. The topological polar surface area (TPSA) is 70.1 Å². The van der Waals surface area contributed by atoms with Crippen molar-refractivity contribution in [1.82, 2.24) is 29.1 Å². The Bertz CT molecular complexity index is 1130. The molecule has 0 spiro atoms. The second-order valence-electron chi connectivity index (χ2n) is 6.13. The monoisotopic (exact) mass is 388 g/mol. The molecule has 144 valence electrons. The van der Waals surface area contributed by atoms with Crippen molar-refractivity contribution in [1.29, 1.82) is 0 Å². The highest BCUT2D eigenvalue weighted by Gasteiger charge is 2.33. The van der Waals surface area contributed by atoms with E-state index in [1.165, 1.54) is 10.6 Å². The fourth-order valence-electron chi connectivity index (χ4n) is 2.80. The Balaban J connectivity index is 1.71. The zero-order valence-electron chi connectivity index (χ0n) is 15.0. The van der Waals surface area contributed by atoms with Crippen LogP contribution in [0.1, 0.15) is 17.1 Å². The van der Waals surface area contributed by atoms with E-state index in [9.17, 15) is 13.2 Å². The lowest BCUT2D eigenvalue weighted by Gasteiger charge is -2.05. The molecule has 0 aliphatic rings. The molecule has 0 aliphatic carbocycles. The summed E-state index contributed by atoms with van der Waals surface area (Å²) in [4.78, 5) is 12.2. The third-order valence-electron chi connectivity index (χ3n) is 4.11. The standard InChI is InChI=1S/C18H15F3N6O/c1-11-22-16(27(25-11)9-12-3-5-13(28-2)6-4-12)14-10-26-8-7-15(18(19,20)21)24-17(26)23-14/h3-8,10H,9H2,1-2H3. The second-order valence-corrected chi connectivity index (χ2v) is 6.13. The minimum absolute atomic E-state index is 0.0542. The van der Waals surface area contributed by atoms with Crippen LogP contribution in [0.3, 0.4) is 0 Å². The van der Waals surface area contributed by atoms with Crippen LogP contribution in [0.15, 0.2) is 42.7 Å². The van der Waals surface area contributed by atoms with Crippen molar-refractivity contribution in [2.75, 3.05) is 7.11 Å². The molecule has 10 heteroatoms. The van der Waals surface area contributed by atoms with Crippen LogP contribution in [0.2, 0.25) is 0 Å². The number of hydrogen-bond donors (Lipinski definition) is 0. The fourth-order valence-corrected chi connectivity index (χ4v) is 2.80. The lowest BCUT2D eigenvalue weighted by molar-refractivity contribution is -0.141. The first kappa shape index (κ1) is 18.0. The summed E-state index contributed by atoms with van der Waals surface area (Å²) in [7, 11) is 1.59. The molecule has 0 N–H and O–H groups in total. The van der Waals surface area contributed by atoms with Gasteiger partial charge in [-0.05, 0) is 30.7 Å². The van der Waals surface area contributed by atoms with Gasteiger partial charge in [0.25, 0.3) is 0 Å². The van der Waals surface area contributed by atoms with Crippen molar-refractivity contribution in [3.63, 3.8) is 0 Å². The first-order valence-electron chi connectivity index (χ1n) is 8.31. The van der Waals surface area contributed by atoms with Crippen molar-refractivity contribution >= 4 is 5.78 Å². The zero-order valence-corrected chi connectivity index (χ0v) is 15.0. The fraction of sp³-hybridized carbons (Fsp3) is 0.222. The Morgan fingerprint density at radius 1 is 1.04 bits per heavy atom. The summed E-state index contributed by atoms with van der Waals surface area (Å²) in [6.07, 6.45) is -1.67. The van der Waals surface area contributed by atoms with Gasteiger partial charge in [0.15, 0.2) is 5.82 Å². The van der Waals surface area contributed by atoms with Gasteiger partial charge in [-0.25, -0.2) is 19.6 Å². The van der Waals surface area contributed by atoms with Crippen molar-refractivity contribution in [3.8, 4) is 17.3 Å². The van der Waals surface area contributed by atoms with Gasteiger partial charge in [-0.1, -0.05) is 12.1 Å². The second kappa shape index (κ2) is 6.63. The summed E-state index contributed by atoms with van der Waals surface area (Å²) >= 11 is 0. The maximum atomic E-state index is 12.9. The van der Waals surface area contributed by atoms with Crippen molar-refractivity contribution in [2.24, 2.45) is 0 Å². The third kappa shape index (κ3) is 3.40. The molecular formula is C18H15F3N6O. The molecular weight excluding hydrogens is 373 g/mol. The largest absolute Gasteiger partial charge is 0.497 e. The van der Waals surface area contributed by atoms with Crippen LogP contribution in [0.25, 0.3) is 17.3 Å². The number of hydrogen-bond acceptors (Lipinski definition) is 5. The van der Waals surface area contributed by atoms with Crippen LogP contribution < -0.4 is 4.74 Å². The summed E-state index contributed by atoms with van der Waals surface area (Å²) in [5, 5.41) is 4.38. The molecule has 0 radical (unpaired) electrons. The van der Waals surface area contributed by atoms with E-state index < -0.39 is 11.9 Å². The molecule has 7 nitrogen and oxygen atoms in total. The van der Waals surface area contributed by atoms with Crippen LogP contribution in [-0.2, 0) is 12.7 Å². The molecule has 0 saturated carbocycles. The molecule has 3 aromatic heterocycles. The molecule has 0 saturated heterocycles. The predicted octanol–water partition coefficient (Wildman–Crippen LogP) is 3.37. The molecule has 4 rings (SSSR count). The van der Waals surface area contributed by atoms with E-state index in [-0.39, 0.29) is 5.78 Å². The van der Waals surface area contributed by atoms with E-state index in [0.29, 0.717) is 23.9 Å². The van der Waals surface area contributed by atoms with E-state index in [0.717, 1.165) is 17.4 Å². The molecule has 0 atom stereocenters. The first-order chi connectivity index (χ1) is 13.3. The zero-order chi connectivity index (χ0) is 19.9. The maximum Gasteiger partial charge on any atom is 0.433 e. The SMILES string of the molecule is COc1ccc(Cn2nc(C)nc2-c2cn3ccc(C(F)(F)F)nc3n2)cc1. The Hall–Kier alpha value is -3.43. The number of benzene rings is 1. The first-order valence-corrected chi connectivity index (χ1v) is 8.31. The Morgan fingerprint density at radius 2 is 1.79 bits per heavy atom. The molecule has 0 fully saturated rings. The van der Waals surface area contributed by atoms with Crippen LogP contribution in [-0.4, -0.2) is 36.2 Å². The average Bonchev–Trinajstić information content (AvgIpc) is 3.24. The van der Waals surface area contributed by atoms with Crippen molar-refractivity contribution in [3.05, 3.63) is 59.8 Å². The highest BCUT2D eigenvalue weighted by molar-refractivity contribution is 5.54. The number of aryl methyl sites for hydroxylation is 1. The van der Waals surface area contributed by atoms with Gasteiger partial charge in [0.2, 0.25) is 5.78 Å². The van der Waals surface area contributed by atoms with Crippen molar-refractivity contribution in [2.45, 2.75) is 19.6 Å². The maximum absolute atomic E-state index is 12.9. The number of halogens is 3. The van der Waals surface area contributed by atoms with E-state index in [1.54, 1.807) is 24.9 Å². The smallest absolute Gasteiger partial charge is 0.433 e. The van der Waals surface area contributed by atoms with Gasteiger partial charge in [-0.2, -0.15) is 18.3 Å². The van der Waals surface area contributed by atoms with Gasteiger partial charge in [-0.3, -0.25) is 4.40 Å². The van der Waals surface area contributed by atoms with Gasteiger partial charge in [0, 0.05) is 12.4 Å². The number of alkyl halides is 3. The minimum Gasteiger partial charge on any atom is -0.497 e. The third-order valence-corrected chi connectivity index (χ3v) is 4.11. The Kier molecular flexibility index (Phi) is 4.25. The van der Waals surface area contributed by atoms with Crippen LogP contribution in [0.4, 0.5) is 13.2 Å². The molecule has 0 amide bonds. The number of rotatable bonds is 4. The predicted molar refractivity (Wildman–Crippen MR) is 93.8 cm³/mol. The highest BCUT2D eigenvalue weighted by Crippen LogP contribution is 2.28. The van der Waals surface area contributed by atoms with E-state index in [2.05, 4.69) is 20.1 Å². The lowest BCUT2D eigenvalue weighted by atomic mass is 10.2. The quantitative estimate of drug-likeness (QED) is 0.536. The number of methoxy groups -OCH3 is 1. The molecule has 0 aliphatic heterocycles. The summed E-state index contributed by atoms with van der Waals surface area (Å²) in [6, 6.07) is 8.39. The molecule has 28 heavy (non-hydrogen) atoms. The number of imidazole rings is 1. The minimum atomic E-state index is -4.53. The van der Waals surface area contributed by atoms with Crippen LogP contribution in [0, 0.1) is 6.92 Å². The van der Waals surface area contributed by atoms with Crippen molar-refractivity contribution < 1.29 is 17.9 Å². The summed E-state index contributed by atoms with van der Waals surface area (Å²) in [6.45, 7) is 2.17. The summed E-state index contributed by atoms with van der Waals surface area (Å²) in [5.41, 5.74) is 0.363. The number of nitrogens with zero attached hydrogens (tertiary/aromatic N) is 6. The summed E-state index contributed by atoms with van der Waals surface area (Å²) in [5.74, 6) is 1.67. The Morgan fingerprint density at radius 3 is 2.46 bits per heavy atom. The lowest BCUT2D eigenvalue weighted by Crippen LogP contribution is -2.08. The van der Waals surface area contributed by atoms with Crippen LogP contribution >= 0.6 is 0 Å². The van der Waals surface area contributed by atoms with E-state index >= 15 is 0 Å². The highest BCUT2D eigenvalue weighted by atomic mass is 19.4. The Labute approximate surface area is 157 Å². The average molecular weight is 388 g/mol. The van der Waals surface area contributed by atoms with Gasteiger partial charge >= 0.3 is 6.18 Å². The molecule has 0 bridgehead atoms. The molecule has 0 unspecified atom stereocenters. The van der Waals surface area contributed by atoms with Crippen LogP contribution in [0.5, 0.6) is 5.75 Å². The molecule has 4 aromatic rings. The van der Waals surface area contributed by atoms with Gasteiger partial charge in [0.05, 0.1) is 13.7 Å². The molecule has 1 aromatic carbocycles. The van der Waals surface area contributed by atoms with Gasteiger partial charge < -0.3 is 4.74 Å². The molecule has 3 heterocycles. The van der Waals surface area contributed by atoms with Gasteiger partial charge in [0.1, 0.15) is 23.0 Å². The number of ether oxygens (including phenoxy) is 1. The van der Waals surface area contributed by atoms with E-state index in [1.807, 2.05) is 24.3 Å². The van der Waals surface area contributed by atoms with Gasteiger partial charge in [-0.15, -0.1) is 0 Å².